The molecule has 0 aliphatic carbocycles. The molecule has 7 heteroatoms. The summed E-state index contributed by atoms with van der Waals surface area (Å²) in [6.45, 7) is 6.15. The minimum absolute atomic E-state index is 0.200. The summed E-state index contributed by atoms with van der Waals surface area (Å²) in [5.74, 6) is -0.298. The van der Waals surface area contributed by atoms with E-state index >= 15 is 0 Å². The third kappa shape index (κ3) is 7.76. The molecule has 0 N–H and O–H groups in total. The normalized spacial score (nSPS) is 11.1. The standard InChI is InChI=1S/C30H33ClO5S/c1-4-30(28(32)34-5-2,29(33)35-6-3)18-17-23-15-16-26(20-27(23)31)37-25-14-10-13-24(19-25)36-21-22-11-8-7-9-12-22/h7-16,19-20H,4-6,17-18,21H2,1-3H3. The third-order valence-corrected chi connectivity index (χ3v) is 7.40. The van der Waals surface area contributed by atoms with Crippen molar-refractivity contribution >= 4 is 35.3 Å². The molecule has 0 saturated heterocycles. The number of esters is 2. The van der Waals surface area contributed by atoms with Crippen LogP contribution >= 0.6 is 23.4 Å². The van der Waals surface area contributed by atoms with Crippen LogP contribution in [-0.2, 0) is 32.1 Å². The van der Waals surface area contributed by atoms with E-state index in [4.69, 9.17) is 25.8 Å². The number of ether oxygens (including phenoxy) is 3. The van der Waals surface area contributed by atoms with Crippen molar-refractivity contribution in [3.63, 3.8) is 0 Å². The van der Waals surface area contributed by atoms with Crippen LogP contribution in [0.4, 0.5) is 0 Å². The first kappa shape index (κ1) is 28.6. The van der Waals surface area contributed by atoms with Gasteiger partial charge in [0, 0.05) is 14.8 Å². The summed E-state index contributed by atoms with van der Waals surface area (Å²) >= 11 is 8.21. The zero-order valence-electron chi connectivity index (χ0n) is 21.5. The molecule has 5 nitrogen and oxygen atoms in total. The van der Waals surface area contributed by atoms with Crippen LogP contribution < -0.4 is 4.74 Å². The van der Waals surface area contributed by atoms with Crippen LogP contribution in [0.3, 0.4) is 0 Å². The molecular formula is C30H33ClO5S. The van der Waals surface area contributed by atoms with Crippen molar-refractivity contribution in [2.45, 2.75) is 56.4 Å². The van der Waals surface area contributed by atoms with Crippen LogP contribution in [0.5, 0.6) is 5.75 Å². The van der Waals surface area contributed by atoms with Gasteiger partial charge in [0.15, 0.2) is 5.41 Å². The Morgan fingerprint density at radius 2 is 1.51 bits per heavy atom. The second-order valence-corrected chi connectivity index (χ2v) is 10.0. The molecule has 0 atom stereocenters. The van der Waals surface area contributed by atoms with Gasteiger partial charge in [0.05, 0.1) is 13.2 Å². The highest BCUT2D eigenvalue weighted by molar-refractivity contribution is 7.99. The SMILES string of the molecule is CCOC(=O)C(CC)(CCc1ccc(Sc2cccc(OCc3ccccc3)c2)cc1Cl)C(=O)OCC. The molecule has 0 amide bonds. The van der Waals surface area contributed by atoms with Gasteiger partial charge in [0.2, 0.25) is 0 Å². The van der Waals surface area contributed by atoms with Crippen LogP contribution in [-0.4, -0.2) is 25.2 Å². The van der Waals surface area contributed by atoms with Gasteiger partial charge in [-0.05, 0) is 74.6 Å². The Hall–Kier alpha value is -2.96. The van der Waals surface area contributed by atoms with E-state index in [2.05, 4.69) is 0 Å². The van der Waals surface area contributed by atoms with Crippen molar-refractivity contribution < 1.29 is 23.8 Å². The lowest BCUT2D eigenvalue weighted by atomic mass is 9.79. The highest BCUT2D eigenvalue weighted by Gasteiger charge is 2.47. The van der Waals surface area contributed by atoms with Gasteiger partial charge in [0.25, 0.3) is 0 Å². The molecule has 3 rings (SSSR count). The number of rotatable bonds is 13. The van der Waals surface area contributed by atoms with E-state index < -0.39 is 17.4 Å². The number of aryl methyl sites for hydroxylation is 1. The minimum atomic E-state index is -1.34. The second kappa shape index (κ2) is 14.1. The smallest absolute Gasteiger partial charge is 0.323 e. The molecule has 0 radical (unpaired) electrons. The quantitative estimate of drug-likeness (QED) is 0.165. The Morgan fingerprint density at radius 1 is 0.838 bits per heavy atom. The Balaban J connectivity index is 1.68. The third-order valence-electron chi connectivity index (χ3n) is 6.07. The number of carbonyl (C=O) groups excluding carboxylic acids is 2. The predicted molar refractivity (Wildman–Crippen MR) is 147 cm³/mol. The van der Waals surface area contributed by atoms with Gasteiger partial charge < -0.3 is 14.2 Å². The summed E-state index contributed by atoms with van der Waals surface area (Å²) < 4.78 is 16.4. The maximum Gasteiger partial charge on any atom is 0.323 e. The van der Waals surface area contributed by atoms with Crippen LogP contribution in [0, 0.1) is 5.41 Å². The monoisotopic (exact) mass is 540 g/mol. The molecule has 37 heavy (non-hydrogen) atoms. The Labute approximate surface area is 228 Å². The van der Waals surface area contributed by atoms with Crippen molar-refractivity contribution in [2.24, 2.45) is 5.41 Å². The highest BCUT2D eigenvalue weighted by atomic mass is 35.5. The van der Waals surface area contributed by atoms with E-state index in [9.17, 15) is 9.59 Å². The Morgan fingerprint density at radius 3 is 2.14 bits per heavy atom. The molecule has 0 aliphatic rings. The lowest BCUT2D eigenvalue weighted by Crippen LogP contribution is -2.42. The van der Waals surface area contributed by atoms with Gasteiger partial charge >= 0.3 is 11.9 Å². The number of halogens is 1. The molecular weight excluding hydrogens is 508 g/mol. The lowest BCUT2D eigenvalue weighted by Gasteiger charge is -2.28. The van der Waals surface area contributed by atoms with Crippen LogP contribution in [0.1, 0.15) is 44.7 Å². The molecule has 196 valence electrons. The van der Waals surface area contributed by atoms with Gasteiger partial charge in [-0.1, -0.05) is 72.8 Å². The second-order valence-electron chi connectivity index (χ2n) is 8.48. The van der Waals surface area contributed by atoms with E-state index in [0.29, 0.717) is 24.5 Å². The Kier molecular flexibility index (Phi) is 10.9. The fourth-order valence-corrected chi connectivity index (χ4v) is 5.18. The van der Waals surface area contributed by atoms with Gasteiger partial charge in [-0.3, -0.25) is 9.59 Å². The molecule has 0 saturated carbocycles. The van der Waals surface area contributed by atoms with Gasteiger partial charge in [-0.25, -0.2) is 0 Å². The van der Waals surface area contributed by atoms with Gasteiger partial charge in [0.1, 0.15) is 12.4 Å². The molecule has 0 unspecified atom stereocenters. The summed E-state index contributed by atoms with van der Waals surface area (Å²) in [5, 5.41) is 0.583. The molecule has 0 aliphatic heterocycles. The first-order valence-electron chi connectivity index (χ1n) is 12.5. The van der Waals surface area contributed by atoms with E-state index in [1.54, 1.807) is 32.5 Å². The predicted octanol–water partition coefficient (Wildman–Crippen LogP) is 7.53. The fraction of sp³-hybridized carbons (Fsp3) is 0.333. The van der Waals surface area contributed by atoms with Crippen LogP contribution in [0.15, 0.2) is 82.6 Å². The number of hydrogen-bond acceptors (Lipinski definition) is 6. The largest absolute Gasteiger partial charge is 0.489 e. The van der Waals surface area contributed by atoms with Gasteiger partial charge in [-0.2, -0.15) is 0 Å². The summed E-state index contributed by atoms with van der Waals surface area (Å²) in [6, 6.07) is 23.8. The zero-order valence-corrected chi connectivity index (χ0v) is 23.1. The minimum Gasteiger partial charge on any atom is -0.489 e. The molecule has 0 spiro atoms. The lowest BCUT2D eigenvalue weighted by molar-refractivity contribution is -0.173. The zero-order chi connectivity index (χ0) is 26.7. The van der Waals surface area contributed by atoms with Gasteiger partial charge in [-0.15, -0.1) is 0 Å². The first-order chi connectivity index (χ1) is 17.9. The van der Waals surface area contributed by atoms with Crippen molar-refractivity contribution in [1.82, 2.24) is 0 Å². The highest BCUT2D eigenvalue weighted by Crippen LogP contribution is 2.36. The summed E-state index contributed by atoms with van der Waals surface area (Å²) in [4.78, 5) is 27.5. The molecule has 3 aromatic carbocycles. The molecule has 0 aromatic heterocycles. The van der Waals surface area contributed by atoms with Crippen LogP contribution in [0.2, 0.25) is 5.02 Å². The average molecular weight is 541 g/mol. The summed E-state index contributed by atoms with van der Waals surface area (Å²) in [7, 11) is 0. The Bertz CT molecular complexity index is 1160. The van der Waals surface area contributed by atoms with E-state index in [-0.39, 0.29) is 19.6 Å². The molecule has 0 heterocycles. The van der Waals surface area contributed by atoms with Crippen molar-refractivity contribution in [1.29, 1.82) is 0 Å². The maximum atomic E-state index is 12.8. The molecule has 0 fully saturated rings. The number of benzene rings is 3. The van der Waals surface area contributed by atoms with E-state index in [0.717, 1.165) is 26.7 Å². The van der Waals surface area contributed by atoms with Crippen molar-refractivity contribution in [2.75, 3.05) is 13.2 Å². The summed E-state index contributed by atoms with van der Waals surface area (Å²) in [5.41, 5.74) is 0.626. The fourth-order valence-electron chi connectivity index (χ4n) is 3.94. The van der Waals surface area contributed by atoms with Crippen molar-refractivity contribution in [3.05, 3.63) is 88.9 Å². The maximum absolute atomic E-state index is 12.8. The molecule has 3 aromatic rings. The number of hydrogen-bond donors (Lipinski definition) is 0. The van der Waals surface area contributed by atoms with E-state index in [1.165, 1.54) is 0 Å². The average Bonchev–Trinajstić information content (AvgIpc) is 2.90. The summed E-state index contributed by atoms with van der Waals surface area (Å²) in [6.07, 6.45) is 0.991. The van der Waals surface area contributed by atoms with Crippen molar-refractivity contribution in [3.8, 4) is 5.75 Å². The first-order valence-corrected chi connectivity index (χ1v) is 13.7. The topological polar surface area (TPSA) is 61.8 Å². The number of carbonyl (C=O) groups is 2. The van der Waals surface area contributed by atoms with Crippen LogP contribution in [0.25, 0.3) is 0 Å². The molecule has 0 bridgehead atoms. The van der Waals surface area contributed by atoms with E-state index in [1.807, 2.05) is 72.8 Å².